The summed E-state index contributed by atoms with van der Waals surface area (Å²) in [7, 11) is 2.96. The first-order valence-electron chi connectivity index (χ1n) is 16.5. The van der Waals surface area contributed by atoms with Gasteiger partial charge < -0.3 is 19.3 Å². The van der Waals surface area contributed by atoms with Crippen LogP contribution in [0.15, 0.2) is 24.3 Å². The maximum atomic E-state index is 13.8. The predicted octanol–water partition coefficient (Wildman–Crippen LogP) is 7.30. The van der Waals surface area contributed by atoms with Crippen LogP contribution < -0.4 is 9.80 Å². The van der Waals surface area contributed by atoms with Crippen molar-refractivity contribution >= 4 is 17.6 Å². The van der Waals surface area contributed by atoms with Crippen LogP contribution in [0.5, 0.6) is 0 Å². The minimum Gasteiger partial charge on any atom is -0.469 e. The largest absolute Gasteiger partial charge is 0.469 e. The number of aryl methyl sites for hydroxylation is 1. The molecule has 3 heterocycles. The van der Waals surface area contributed by atoms with Crippen molar-refractivity contribution in [2.45, 2.75) is 90.0 Å². The molecule has 3 aromatic rings. The monoisotopic (exact) mass is 694 g/mol. The van der Waals surface area contributed by atoms with Crippen LogP contribution in [-0.2, 0) is 53.4 Å². The molecule has 0 unspecified atom stereocenters. The van der Waals surface area contributed by atoms with E-state index in [9.17, 15) is 31.1 Å². The third-order valence-corrected chi connectivity index (χ3v) is 10.1. The molecule has 0 amide bonds. The number of carbonyl (C=O) groups is 1. The maximum Gasteiger partial charge on any atom is 0.416 e. The molecule has 1 saturated carbocycles. The van der Waals surface area contributed by atoms with E-state index in [1.807, 2.05) is 0 Å². The molecule has 0 bridgehead atoms. The summed E-state index contributed by atoms with van der Waals surface area (Å²) in [5.41, 5.74) is 2.18. The van der Waals surface area contributed by atoms with Gasteiger partial charge >= 0.3 is 18.3 Å². The third kappa shape index (κ3) is 7.65. The fraction of sp³-hybridized carbons (Fsp3) is 0.588. The summed E-state index contributed by atoms with van der Waals surface area (Å²) in [5, 5.41) is 12.5. The van der Waals surface area contributed by atoms with Gasteiger partial charge in [-0.25, -0.2) is 0 Å². The third-order valence-electron chi connectivity index (χ3n) is 10.1. The van der Waals surface area contributed by atoms with E-state index in [4.69, 9.17) is 9.47 Å². The number of ether oxygens (including phenoxy) is 2. The number of methoxy groups -OCH3 is 1. The molecule has 0 radical (unpaired) electrons. The second kappa shape index (κ2) is 13.8. The van der Waals surface area contributed by atoms with Crippen molar-refractivity contribution in [1.29, 1.82) is 0 Å². The lowest BCUT2D eigenvalue weighted by Crippen LogP contribution is -2.34. The Morgan fingerprint density at radius 3 is 2.27 bits per heavy atom. The van der Waals surface area contributed by atoms with E-state index in [0.717, 1.165) is 78.8 Å². The Balaban J connectivity index is 1.38. The smallest absolute Gasteiger partial charge is 0.416 e. The minimum absolute atomic E-state index is 0.108. The first-order chi connectivity index (χ1) is 23.2. The summed E-state index contributed by atoms with van der Waals surface area (Å²) in [6.45, 7) is 4.13. The molecule has 15 heteroatoms. The van der Waals surface area contributed by atoms with Crippen LogP contribution in [0.1, 0.15) is 89.9 Å². The Morgan fingerprint density at radius 1 is 0.980 bits per heavy atom. The summed E-state index contributed by atoms with van der Waals surface area (Å²) in [4.78, 5) is 17.1. The second-order valence-electron chi connectivity index (χ2n) is 13.5. The molecule has 1 fully saturated rings. The quantitative estimate of drug-likeness (QED) is 0.180. The number of esters is 1. The molecule has 1 aliphatic carbocycles. The Hall–Kier alpha value is -3.88. The van der Waals surface area contributed by atoms with Crippen LogP contribution >= 0.6 is 0 Å². The summed E-state index contributed by atoms with van der Waals surface area (Å²) in [6.07, 6.45) is -4.46. The zero-order chi connectivity index (χ0) is 35.1. The minimum atomic E-state index is -4.98. The molecule has 1 atom stereocenters. The normalized spacial score (nSPS) is 21.2. The highest BCUT2D eigenvalue weighted by Gasteiger charge is 2.39. The standard InChI is InChI=1S/C34H40F6N6O3/c1-20-28-19-49-18-24(28)14-27-29(5-4-10-45(31(20)27)16-22-8-6-21(7-9-22)13-30(47)48-3)46(32-41-43-44(2)42-32)17-23-11-25(33(35,36)37)15-26(12-23)34(38,39)40/h11-12,14-15,21-22,29H,4-10,13,16-19H2,1-3H3/t21?,22?,29-/m0/s1. The van der Waals surface area contributed by atoms with E-state index in [2.05, 4.69) is 33.3 Å². The van der Waals surface area contributed by atoms with Gasteiger partial charge in [0.2, 0.25) is 0 Å². The van der Waals surface area contributed by atoms with E-state index < -0.39 is 29.5 Å². The zero-order valence-corrected chi connectivity index (χ0v) is 27.7. The highest BCUT2D eigenvalue weighted by Crippen LogP contribution is 2.46. The Kier molecular flexibility index (Phi) is 9.84. The van der Waals surface area contributed by atoms with Gasteiger partial charge in [0.05, 0.1) is 44.5 Å². The van der Waals surface area contributed by atoms with Crippen LogP contribution in [0, 0.1) is 18.8 Å². The van der Waals surface area contributed by atoms with Crippen molar-refractivity contribution in [2.75, 3.05) is 30.0 Å². The molecular formula is C34H40F6N6O3. The number of nitrogens with zero attached hydrogens (tertiary/aromatic N) is 6. The molecule has 3 aliphatic rings. The summed E-state index contributed by atoms with van der Waals surface area (Å²) in [5.74, 6) is 0.611. The number of aromatic nitrogens is 4. The second-order valence-corrected chi connectivity index (χ2v) is 13.5. The van der Waals surface area contributed by atoms with Crippen molar-refractivity contribution in [2.24, 2.45) is 18.9 Å². The van der Waals surface area contributed by atoms with Gasteiger partial charge in [0.15, 0.2) is 0 Å². The van der Waals surface area contributed by atoms with Gasteiger partial charge in [-0.05, 0) is 115 Å². The molecule has 6 rings (SSSR count). The summed E-state index contributed by atoms with van der Waals surface area (Å²) >= 11 is 0. The van der Waals surface area contributed by atoms with Gasteiger partial charge in [-0.2, -0.15) is 31.1 Å². The summed E-state index contributed by atoms with van der Waals surface area (Å²) < 4.78 is 93.8. The predicted molar refractivity (Wildman–Crippen MR) is 167 cm³/mol. The number of benzene rings is 2. The van der Waals surface area contributed by atoms with Crippen LogP contribution in [0.25, 0.3) is 0 Å². The molecule has 266 valence electrons. The number of fused-ring (bicyclic) bond motifs is 2. The van der Waals surface area contributed by atoms with E-state index >= 15 is 0 Å². The molecule has 0 saturated heterocycles. The maximum absolute atomic E-state index is 13.8. The van der Waals surface area contributed by atoms with Crippen molar-refractivity contribution < 1.29 is 40.6 Å². The molecule has 0 spiro atoms. The van der Waals surface area contributed by atoms with Crippen LogP contribution in [-0.4, -0.2) is 46.4 Å². The first-order valence-corrected chi connectivity index (χ1v) is 16.5. The van der Waals surface area contributed by atoms with Gasteiger partial charge in [-0.1, -0.05) is 5.10 Å². The lowest BCUT2D eigenvalue weighted by Gasteiger charge is -2.36. The molecule has 1 aromatic heterocycles. The Bertz CT molecular complexity index is 1630. The van der Waals surface area contributed by atoms with Crippen molar-refractivity contribution in [3.8, 4) is 0 Å². The van der Waals surface area contributed by atoms with E-state index in [0.29, 0.717) is 44.3 Å². The van der Waals surface area contributed by atoms with E-state index in [1.165, 1.54) is 11.9 Å². The van der Waals surface area contributed by atoms with Crippen LogP contribution in [0.3, 0.4) is 0 Å². The number of rotatable bonds is 8. The van der Waals surface area contributed by atoms with Gasteiger partial charge in [-0.3, -0.25) is 4.79 Å². The lowest BCUT2D eigenvalue weighted by molar-refractivity contribution is -0.143. The number of hydrogen-bond donors (Lipinski definition) is 0. The highest BCUT2D eigenvalue weighted by molar-refractivity contribution is 5.69. The lowest BCUT2D eigenvalue weighted by atomic mass is 9.80. The zero-order valence-electron chi connectivity index (χ0n) is 27.7. The van der Waals surface area contributed by atoms with E-state index in [-0.39, 0.29) is 30.1 Å². The SMILES string of the molecule is COC(=O)CC1CCC(CN2CCC[C@H](N(Cc3cc(C(F)(F)F)cc(C(F)(F)F)c3)c3nnn(C)n3)c3cc4c(c(C)c32)COC4)CC1. The fourth-order valence-corrected chi connectivity index (χ4v) is 7.72. The molecule has 2 aliphatic heterocycles. The number of hydrogen-bond acceptors (Lipinski definition) is 8. The first kappa shape index (κ1) is 35.0. The average Bonchev–Trinajstić information content (AvgIpc) is 3.66. The molecule has 49 heavy (non-hydrogen) atoms. The van der Waals surface area contributed by atoms with Gasteiger partial charge in [-0.15, -0.1) is 5.10 Å². The topological polar surface area (TPSA) is 85.6 Å². The highest BCUT2D eigenvalue weighted by atomic mass is 19.4. The number of anilines is 2. The molecule has 9 nitrogen and oxygen atoms in total. The van der Waals surface area contributed by atoms with Crippen molar-refractivity contribution in [3.63, 3.8) is 0 Å². The van der Waals surface area contributed by atoms with Crippen LogP contribution in [0.4, 0.5) is 38.0 Å². The van der Waals surface area contributed by atoms with Crippen LogP contribution in [0.2, 0.25) is 0 Å². The van der Waals surface area contributed by atoms with Gasteiger partial charge in [0.1, 0.15) is 0 Å². The van der Waals surface area contributed by atoms with Crippen molar-refractivity contribution in [3.05, 3.63) is 63.2 Å². The number of halogens is 6. The average molecular weight is 695 g/mol. The number of carbonyl (C=O) groups excluding carboxylic acids is 1. The van der Waals surface area contributed by atoms with E-state index in [1.54, 1.807) is 11.9 Å². The van der Waals surface area contributed by atoms with Gasteiger partial charge in [0, 0.05) is 31.7 Å². The molecular weight excluding hydrogens is 654 g/mol. The molecule has 0 N–H and O–H groups in total. The Labute approximate surface area is 280 Å². The van der Waals surface area contributed by atoms with Crippen molar-refractivity contribution in [1.82, 2.24) is 20.2 Å². The van der Waals surface area contributed by atoms with Gasteiger partial charge in [0.25, 0.3) is 5.95 Å². The molecule has 2 aromatic carbocycles. The fourth-order valence-electron chi connectivity index (χ4n) is 7.72. The Morgan fingerprint density at radius 2 is 1.65 bits per heavy atom. The number of alkyl halides is 6. The summed E-state index contributed by atoms with van der Waals surface area (Å²) in [6, 6.07) is 3.27. The number of tetrazole rings is 1.